The second-order valence-corrected chi connectivity index (χ2v) is 2.70. The predicted molar refractivity (Wildman–Crippen MR) is 54.9 cm³/mol. The van der Waals surface area contributed by atoms with Crippen LogP contribution in [-0.4, -0.2) is 31.0 Å². The van der Waals surface area contributed by atoms with Crippen LogP contribution in [0, 0.1) is 0 Å². The molecule has 0 bridgehead atoms. The Hall–Kier alpha value is -1.84. The molecule has 0 aliphatic heterocycles. The van der Waals surface area contributed by atoms with Crippen LogP contribution in [-0.2, 0) is 0 Å². The standard InChI is InChI=1S/C10H12N2O2/c1-11-9(12-2)7-3-5-8(6-4-7)10(13)14/h3-6H,1-2H3,(H,11,12)(H,13,14). The summed E-state index contributed by atoms with van der Waals surface area (Å²) in [5, 5.41) is 11.6. The van der Waals surface area contributed by atoms with Gasteiger partial charge in [0.15, 0.2) is 0 Å². The van der Waals surface area contributed by atoms with E-state index in [0.29, 0.717) is 0 Å². The molecule has 14 heavy (non-hydrogen) atoms. The van der Waals surface area contributed by atoms with Gasteiger partial charge in [-0.3, -0.25) is 4.99 Å². The van der Waals surface area contributed by atoms with Gasteiger partial charge in [0.2, 0.25) is 0 Å². The molecule has 0 radical (unpaired) electrons. The van der Waals surface area contributed by atoms with Crippen LogP contribution in [0.4, 0.5) is 0 Å². The number of rotatable bonds is 2. The lowest BCUT2D eigenvalue weighted by molar-refractivity contribution is 0.0697. The smallest absolute Gasteiger partial charge is 0.335 e. The lowest BCUT2D eigenvalue weighted by Crippen LogP contribution is -2.19. The molecule has 74 valence electrons. The third kappa shape index (κ3) is 2.10. The van der Waals surface area contributed by atoms with Crippen molar-refractivity contribution in [1.82, 2.24) is 5.32 Å². The van der Waals surface area contributed by atoms with Gasteiger partial charge in [-0.15, -0.1) is 0 Å². The summed E-state index contributed by atoms with van der Waals surface area (Å²) < 4.78 is 0. The number of hydrogen-bond donors (Lipinski definition) is 2. The zero-order valence-electron chi connectivity index (χ0n) is 8.11. The van der Waals surface area contributed by atoms with Crippen molar-refractivity contribution >= 4 is 11.8 Å². The van der Waals surface area contributed by atoms with Gasteiger partial charge in [-0.25, -0.2) is 4.79 Å². The van der Waals surface area contributed by atoms with Gasteiger partial charge in [0.25, 0.3) is 0 Å². The Morgan fingerprint density at radius 2 is 1.79 bits per heavy atom. The molecule has 1 aromatic carbocycles. The summed E-state index contributed by atoms with van der Waals surface area (Å²) in [6, 6.07) is 6.56. The Morgan fingerprint density at radius 1 is 1.29 bits per heavy atom. The van der Waals surface area contributed by atoms with E-state index in [-0.39, 0.29) is 5.56 Å². The Balaban J connectivity index is 2.99. The van der Waals surface area contributed by atoms with E-state index in [0.717, 1.165) is 11.4 Å². The van der Waals surface area contributed by atoms with Crippen LogP contribution >= 0.6 is 0 Å². The first-order chi connectivity index (χ1) is 6.69. The first-order valence-electron chi connectivity index (χ1n) is 4.17. The average molecular weight is 192 g/mol. The molecule has 0 atom stereocenters. The highest BCUT2D eigenvalue weighted by Gasteiger charge is 2.03. The van der Waals surface area contributed by atoms with Crippen molar-refractivity contribution in [3.8, 4) is 0 Å². The first kappa shape index (κ1) is 10.2. The molecule has 0 saturated heterocycles. The number of carbonyl (C=O) groups is 1. The minimum absolute atomic E-state index is 0.278. The quantitative estimate of drug-likeness (QED) is 0.542. The van der Waals surface area contributed by atoms with Crippen molar-refractivity contribution in [2.75, 3.05) is 14.1 Å². The summed E-state index contributed by atoms with van der Waals surface area (Å²) in [7, 11) is 3.45. The molecular weight excluding hydrogens is 180 g/mol. The summed E-state index contributed by atoms with van der Waals surface area (Å²) in [6.45, 7) is 0. The highest BCUT2D eigenvalue weighted by Crippen LogP contribution is 2.04. The molecule has 0 heterocycles. The second-order valence-electron chi connectivity index (χ2n) is 2.70. The van der Waals surface area contributed by atoms with Crippen LogP contribution in [0.5, 0.6) is 0 Å². The number of nitrogens with one attached hydrogen (secondary N) is 1. The zero-order chi connectivity index (χ0) is 10.6. The molecule has 0 amide bonds. The number of benzene rings is 1. The second kappa shape index (κ2) is 4.41. The van der Waals surface area contributed by atoms with Crippen molar-refractivity contribution in [1.29, 1.82) is 0 Å². The number of aromatic carboxylic acids is 1. The van der Waals surface area contributed by atoms with E-state index in [1.165, 1.54) is 0 Å². The maximum absolute atomic E-state index is 10.6. The van der Waals surface area contributed by atoms with Crippen molar-refractivity contribution < 1.29 is 9.90 Å². The van der Waals surface area contributed by atoms with Crippen molar-refractivity contribution in [2.24, 2.45) is 4.99 Å². The Labute approximate surface area is 82.3 Å². The SMILES string of the molecule is CN=C(NC)c1ccc(C(=O)O)cc1. The summed E-state index contributed by atoms with van der Waals surface area (Å²) in [4.78, 5) is 14.6. The van der Waals surface area contributed by atoms with Crippen LogP contribution in [0.3, 0.4) is 0 Å². The molecule has 0 aliphatic rings. The largest absolute Gasteiger partial charge is 0.478 e. The van der Waals surface area contributed by atoms with E-state index in [4.69, 9.17) is 5.11 Å². The van der Waals surface area contributed by atoms with E-state index in [9.17, 15) is 4.79 Å². The number of carboxylic acids is 1. The van der Waals surface area contributed by atoms with Crippen LogP contribution < -0.4 is 5.32 Å². The number of carboxylic acid groups (broad SMARTS) is 1. The minimum Gasteiger partial charge on any atom is -0.478 e. The van der Waals surface area contributed by atoms with E-state index in [2.05, 4.69) is 10.3 Å². The molecular formula is C10H12N2O2. The van der Waals surface area contributed by atoms with E-state index >= 15 is 0 Å². The van der Waals surface area contributed by atoms with E-state index < -0.39 is 5.97 Å². The van der Waals surface area contributed by atoms with Gasteiger partial charge >= 0.3 is 5.97 Å². The Bertz CT molecular complexity index is 355. The lowest BCUT2D eigenvalue weighted by Gasteiger charge is -2.04. The fourth-order valence-corrected chi connectivity index (χ4v) is 1.16. The maximum atomic E-state index is 10.6. The van der Waals surface area contributed by atoms with Crippen molar-refractivity contribution in [3.63, 3.8) is 0 Å². The van der Waals surface area contributed by atoms with Gasteiger partial charge in [-0.1, -0.05) is 12.1 Å². The van der Waals surface area contributed by atoms with Crippen molar-refractivity contribution in [3.05, 3.63) is 35.4 Å². The van der Waals surface area contributed by atoms with Gasteiger partial charge in [-0.2, -0.15) is 0 Å². The molecule has 1 aromatic rings. The maximum Gasteiger partial charge on any atom is 0.335 e. The molecule has 4 heteroatoms. The predicted octanol–water partition coefficient (Wildman–Crippen LogP) is 0.981. The topological polar surface area (TPSA) is 61.7 Å². The fourth-order valence-electron chi connectivity index (χ4n) is 1.16. The Morgan fingerprint density at radius 3 is 2.14 bits per heavy atom. The fraction of sp³-hybridized carbons (Fsp3) is 0.200. The number of hydrogen-bond acceptors (Lipinski definition) is 2. The van der Waals surface area contributed by atoms with Gasteiger partial charge in [0, 0.05) is 19.7 Å². The van der Waals surface area contributed by atoms with Crippen LogP contribution in [0.2, 0.25) is 0 Å². The molecule has 4 nitrogen and oxygen atoms in total. The van der Waals surface area contributed by atoms with Crippen LogP contribution in [0.25, 0.3) is 0 Å². The monoisotopic (exact) mass is 192 g/mol. The van der Waals surface area contributed by atoms with Crippen LogP contribution in [0.15, 0.2) is 29.3 Å². The average Bonchev–Trinajstić information content (AvgIpc) is 2.20. The highest BCUT2D eigenvalue weighted by molar-refractivity contribution is 5.99. The summed E-state index contributed by atoms with van der Waals surface area (Å²) in [6.07, 6.45) is 0. The van der Waals surface area contributed by atoms with Gasteiger partial charge in [0.05, 0.1) is 5.56 Å². The van der Waals surface area contributed by atoms with Crippen LogP contribution in [0.1, 0.15) is 15.9 Å². The Kier molecular flexibility index (Phi) is 3.23. The third-order valence-electron chi connectivity index (χ3n) is 1.87. The molecule has 0 saturated carbocycles. The number of aliphatic imine (C=N–C) groups is 1. The molecule has 0 spiro atoms. The number of amidine groups is 1. The summed E-state index contributed by atoms with van der Waals surface area (Å²) in [5.41, 5.74) is 1.15. The van der Waals surface area contributed by atoms with E-state index in [1.54, 1.807) is 38.4 Å². The highest BCUT2D eigenvalue weighted by atomic mass is 16.4. The molecule has 0 aliphatic carbocycles. The van der Waals surface area contributed by atoms with E-state index in [1.807, 2.05) is 0 Å². The lowest BCUT2D eigenvalue weighted by atomic mass is 10.1. The van der Waals surface area contributed by atoms with Gasteiger partial charge in [-0.05, 0) is 12.1 Å². The zero-order valence-corrected chi connectivity index (χ0v) is 8.11. The normalized spacial score (nSPS) is 11.1. The first-order valence-corrected chi connectivity index (χ1v) is 4.17. The summed E-state index contributed by atoms with van der Waals surface area (Å²) in [5.74, 6) is -0.182. The molecule has 2 N–H and O–H groups in total. The third-order valence-corrected chi connectivity index (χ3v) is 1.87. The molecule has 1 rings (SSSR count). The molecule has 0 fully saturated rings. The molecule has 0 unspecified atom stereocenters. The van der Waals surface area contributed by atoms with Gasteiger partial charge in [0.1, 0.15) is 5.84 Å². The molecule has 0 aromatic heterocycles. The summed E-state index contributed by atoms with van der Waals surface area (Å²) >= 11 is 0. The van der Waals surface area contributed by atoms with Gasteiger partial charge < -0.3 is 10.4 Å². The number of nitrogens with zero attached hydrogens (tertiary/aromatic N) is 1. The van der Waals surface area contributed by atoms with Crippen molar-refractivity contribution in [2.45, 2.75) is 0 Å². The minimum atomic E-state index is -0.920.